The Hall–Kier alpha value is -0.780. The molecule has 0 spiro atoms. The molecule has 0 nitrogen and oxygen atoms in total. The van der Waals surface area contributed by atoms with Gasteiger partial charge in [0.25, 0.3) is 0 Å². The average Bonchev–Trinajstić information content (AvgIpc) is 2.72. The van der Waals surface area contributed by atoms with Crippen molar-refractivity contribution in [1.82, 2.24) is 0 Å². The van der Waals surface area contributed by atoms with Crippen molar-refractivity contribution in [3.63, 3.8) is 0 Å². The fraction of sp³-hybridized carbons (Fsp3) is 0.769. The average molecular weight is 355 g/mol. The summed E-state index contributed by atoms with van der Waals surface area (Å²) in [6.45, 7) is 4.67. The molecule has 26 heavy (non-hydrogen) atoms. The quantitative estimate of drug-likeness (QED) is 0.412. The van der Waals surface area contributed by atoms with Crippen LogP contribution in [0.4, 0.5) is 0 Å². The van der Waals surface area contributed by atoms with Crippen LogP contribution in [0.1, 0.15) is 114 Å². The van der Waals surface area contributed by atoms with E-state index in [4.69, 9.17) is 0 Å². The fourth-order valence-electron chi connectivity index (χ4n) is 5.70. The maximum atomic E-state index is 2.45. The first kappa shape index (κ1) is 20.0. The molecule has 0 aromatic heterocycles. The summed E-state index contributed by atoms with van der Waals surface area (Å²) in [6.07, 6.45) is 20.1. The normalized spacial score (nSPS) is 29.6. The maximum absolute atomic E-state index is 2.45. The lowest BCUT2D eigenvalue weighted by Gasteiger charge is -2.38. The predicted octanol–water partition coefficient (Wildman–Crippen LogP) is 8.30. The molecule has 146 valence electrons. The van der Waals surface area contributed by atoms with Crippen molar-refractivity contribution in [3.05, 3.63) is 35.4 Å². The fourth-order valence-corrected chi connectivity index (χ4v) is 5.70. The summed E-state index contributed by atoms with van der Waals surface area (Å²) in [6, 6.07) is 9.73. The van der Waals surface area contributed by atoms with Crippen LogP contribution in [0.3, 0.4) is 0 Å². The summed E-state index contributed by atoms with van der Waals surface area (Å²) in [4.78, 5) is 0. The number of benzene rings is 1. The highest BCUT2D eigenvalue weighted by Gasteiger charge is 2.30. The Morgan fingerprint density at radius 1 is 0.692 bits per heavy atom. The second kappa shape index (κ2) is 10.5. The minimum Gasteiger partial charge on any atom is -0.0654 e. The third-order valence-corrected chi connectivity index (χ3v) is 7.68. The first-order valence-electron chi connectivity index (χ1n) is 11.9. The van der Waals surface area contributed by atoms with E-state index in [0.29, 0.717) is 0 Å². The van der Waals surface area contributed by atoms with E-state index in [1.807, 2.05) is 0 Å². The molecule has 1 aromatic carbocycles. The van der Waals surface area contributed by atoms with Crippen LogP contribution in [0.2, 0.25) is 0 Å². The van der Waals surface area contributed by atoms with Crippen LogP contribution in [-0.2, 0) is 6.42 Å². The number of hydrogen-bond acceptors (Lipinski definition) is 0. The number of rotatable bonds is 8. The van der Waals surface area contributed by atoms with E-state index in [2.05, 4.69) is 38.1 Å². The molecule has 0 bridgehead atoms. The summed E-state index contributed by atoms with van der Waals surface area (Å²) in [5.74, 6) is 3.99. The molecular weight excluding hydrogens is 312 g/mol. The van der Waals surface area contributed by atoms with Crippen molar-refractivity contribution in [1.29, 1.82) is 0 Å². The molecule has 0 radical (unpaired) electrons. The number of aryl methyl sites for hydroxylation is 1. The Kier molecular flexibility index (Phi) is 8.08. The second-order valence-electron chi connectivity index (χ2n) is 9.35. The van der Waals surface area contributed by atoms with Crippen molar-refractivity contribution in [2.75, 3.05) is 0 Å². The molecule has 0 heteroatoms. The minimum atomic E-state index is 0.840. The lowest BCUT2D eigenvalue weighted by atomic mass is 9.68. The van der Waals surface area contributed by atoms with Crippen molar-refractivity contribution in [2.24, 2.45) is 17.8 Å². The van der Waals surface area contributed by atoms with Gasteiger partial charge in [-0.2, -0.15) is 0 Å². The van der Waals surface area contributed by atoms with Crippen LogP contribution < -0.4 is 0 Å². The van der Waals surface area contributed by atoms with E-state index >= 15 is 0 Å². The highest BCUT2D eigenvalue weighted by molar-refractivity contribution is 5.26. The smallest absolute Gasteiger partial charge is 0.0162 e. The zero-order valence-electron chi connectivity index (χ0n) is 17.5. The summed E-state index contributed by atoms with van der Waals surface area (Å²) in [5.41, 5.74) is 3.17. The van der Waals surface area contributed by atoms with Crippen molar-refractivity contribution in [3.8, 4) is 0 Å². The Balaban J connectivity index is 1.41. The molecule has 0 unspecified atom stereocenters. The second-order valence-corrected chi connectivity index (χ2v) is 9.35. The molecule has 0 amide bonds. The molecule has 0 heterocycles. The molecule has 0 aliphatic heterocycles. The Bertz CT molecular complexity index is 483. The molecule has 0 saturated heterocycles. The van der Waals surface area contributed by atoms with Gasteiger partial charge in [0.2, 0.25) is 0 Å². The molecular formula is C26H42. The lowest BCUT2D eigenvalue weighted by Crippen LogP contribution is -2.25. The van der Waals surface area contributed by atoms with Gasteiger partial charge in [-0.1, -0.05) is 76.6 Å². The third-order valence-electron chi connectivity index (χ3n) is 7.68. The first-order chi connectivity index (χ1) is 12.8. The standard InChI is InChI=1S/C26H42/c1-3-5-6-7-8-22-11-15-24(16-12-22)26-19-17-25(18-20-26)23-13-9-21(4-2)10-14-23/h11-12,15-16,21,23,25-26H,3-10,13-14,17-20H2,1-2H3/t21-,23-,25-,26-. The van der Waals surface area contributed by atoms with Gasteiger partial charge in [-0.25, -0.2) is 0 Å². The van der Waals surface area contributed by atoms with Crippen molar-refractivity contribution < 1.29 is 0 Å². The molecule has 0 atom stereocenters. The molecule has 1 aromatic rings. The third kappa shape index (κ3) is 5.61. The van der Waals surface area contributed by atoms with Crippen molar-refractivity contribution in [2.45, 2.75) is 110 Å². The van der Waals surface area contributed by atoms with Gasteiger partial charge in [-0.3, -0.25) is 0 Å². The van der Waals surface area contributed by atoms with Gasteiger partial charge < -0.3 is 0 Å². The monoisotopic (exact) mass is 354 g/mol. The van der Waals surface area contributed by atoms with Gasteiger partial charge in [0.05, 0.1) is 0 Å². The molecule has 2 aliphatic carbocycles. The summed E-state index contributed by atoms with van der Waals surface area (Å²) in [7, 11) is 0. The summed E-state index contributed by atoms with van der Waals surface area (Å²) < 4.78 is 0. The van der Waals surface area contributed by atoms with E-state index in [-0.39, 0.29) is 0 Å². The zero-order chi connectivity index (χ0) is 18.2. The number of unbranched alkanes of at least 4 members (excludes halogenated alkanes) is 3. The van der Waals surface area contributed by atoms with Crippen LogP contribution in [0.5, 0.6) is 0 Å². The van der Waals surface area contributed by atoms with Crippen LogP contribution in [0, 0.1) is 17.8 Å². The van der Waals surface area contributed by atoms with E-state index in [0.717, 1.165) is 23.7 Å². The van der Waals surface area contributed by atoms with Gasteiger partial charge in [0.1, 0.15) is 0 Å². The highest BCUT2D eigenvalue weighted by atomic mass is 14.4. The van der Waals surface area contributed by atoms with Crippen LogP contribution in [-0.4, -0.2) is 0 Å². The van der Waals surface area contributed by atoms with E-state index in [1.165, 1.54) is 89.9 Å². The Labute approximate surface area is 163 Å². The first-order valence-corrected chi connectivity index (χ1v) is 11.9. The number of hydrogen-bond donors (Lipinski definition) is 0. The molecule has 0 N–H and O–H groups in total. The van der Waals surface area contributed by atoms with Gasteiger partial charge in [-0.05, 0) is 86.2 Å². The summed E-state index contributed by atoms with van der Waals surface area (Å²) in [5, 5.41) is 0. The van der Waals surface area contributed by atoms with E-state index in [9.17, 15) is 0 Å². The molecule has 3 rings (SSSR count). The largest absolute Gasteiger partial charge is 0.0654 e. The van der Waals surface area contributed by atoms with Gasteiger partial charge in [0, 0.05) is 0 Å². The predicted molar refractivity (Wildman–Crippen MR) is 115 cm³/mol. The van der Waals surface area contributed by atoms with Gasteiger partial charge in [0.15, 0.2) is 0 Å². The van der Waals surface area contributed by atoms with Crippen molar-refractivity contribution >= 4 is 0 Å². The van der Waals surface area contributed by atoms with Gasteiger partial charge in [-0.15, -0.1) is 0 Å². The van der Waals surface area contributed by atoms with Crippen LogP contribution in [0.25, 0.3) is 0 Å². The zero-order valence-corrected chi connectivity index (χ0v) is 17.5. The molecule has 2 aliphatic rings. The Morgan fingerprint density at radius 2 is 1.31 bits per heavy atom. The summed E-state index contributed by atoms with van der Waals surface area (Å²) >= 11 is 0. The van der Waals surface area contributed by atoms with E-state index in [1.54, 1.807) is 11.1 Å². The highest BCUT2D eigenvalue weighted by Crippen LogP contribution is 2.44. The molecule has 2 fully saturated rings. The maximum Gasteiger partial charge on any atom is -0.0162 e. The topological polar surface area (TPSA) is 0 Å². The van der Waals surface area contributed by atoms with Crippen LogP contribution in [0.15, 0.2) is 24.3 Å². The molecule has 2 saturated carbocycles. The van der Waals surface area contributed by atoms with Gasteiger partial charge >= 0.3 is 0 Å². The van der Waals surface area contributed by atoms with E-state index < -0.39 is 0 Å². The van der Waals surface area contributed by atoms with Crippen LogP contribution >= 0.6 is 0 Å². The minimum absolute atomic E-state index is 0.840. The SMILES string of the molecule is CCCCCCc1ccc([C@H]2CC[C@H]([C@H]3CC[C@H](CC)CC3)CC2)cc1. The Morgan fingerprint density at radius 3 is 1.88 bits per heavy atom. The lowest BCUT2D eigenvalue weighted by molar-refractivity contribution is 0.158.